The molecule has 1 aromatic carbocycles. The van der Waals surface area contributed by atoms with Crippen molar-refractivity contribution in [3.05, 3.63) is 58.0 Å². The van der Waals surface area contributed by atoms with Gasteiger partial charge in [0.15, 0.2) is 4.67 Å². The number of halogens is 1. The summed E-state index contributed by atoms with van der Waals surface area (Å²) in [6, 6.07) is 10.3. The van der Waals surface area contributed by atoms with Crippen molar-refractivity contribution in [1.82, 2.24) is 10.2 Å². The number of carbonyl (C=O) groups excluding carboxylic acids is 2. The third-order valence-electron chi connectivity index (χ3n) is 3.92. The summed E-state index contributed by atoms with van der Waals surface area (Å²) in [7, 11) is 3.21. The SMILES string of the molecule is COC(=O)c1ccc(CNC(=O)C(C)N(C)Cc2ccc(Br)o2)cc1. The molecule has 6 nitrogen and oxygen atoms in total. The van der Waals surface area contributed by atoms with Crippen LogP contribution in [0.3, 0.4) is 0 Å². The molecule has 1 heterocycles. The largest absolute Gasteiger partial charge is 0.465 e. The number of nitrogens with zero attached hydrogens (tertiary/aromatic N) is 1. The number of furan rings is 1. The molecule has 25 heavy (non-hydrogen) atoms. The first-order chi connectivity index (χ1) is 11.9. The van der Waals surface area contributed by atoms with Crippen molar-refractivity contribution in [2.45, 2.75) is 26.1 Å². The van der Waals surface area contributed by atoms with Crippen LogP contribution in [0, 0.1) is 0 Å². The summed E-state index contributed by atoms with van der Waals surface area (Å²) in [6.07, 6.45) is 0. The molecule has 7 heteroatoms. The van der Waals surface area contributed by atoms with Gasteiger partial charge in [-0.1, -0.05) is 12.1 Å². The second-order valence-electron chi connectivity index (χ2n) is 5.70. The molecule has 0 aliphatic carbocycles. The van der Waals surface area contributed by atoms with Gasteiger partial charge in [0, 0.05) is 6.54 Å². The summed E-state index contributed by atoms with van der Waals surface area (Å²) in [5.74, 6) is 0.327. The minimum Gasteiger partial charge on any atom is -0.465 e. The number of carbonyl (C=O) groups is 2. The van der Waals surface area contributed by atoms with E-state index in [0.29, 0.717) is 23.3 Å². The van der Waals surface area contributed by atoms with Crippen LogP contribution in [-0.4, -0.2) is 37.0 Å². The van der Waals surface area contributed by atoms with E-state index in [1.54, 1.807) is 24.3 Å². The van der Waals surface area contributed by atoms with Crippen LogP contribution < -0.4 is 5.32 Å². The lowest BCUT2D eigenvalue weighted by atomic mass is 10.1. The van der Waals surface area contributed by atoms with Gasteiger partial charge >= 0.3 is 5.97 Å². The number of nitrogens with one attached hydrogen (secondary N) is 1. The van der Waals surface area contributed by atoms with Crippen molar-refractivity contribution in [3.63, 3.8) is 0 Å². The van der Waals surface area contributed by atoms with Gasteiger partial charge in [0.1, 0.15) is 5.76 Å². The molecular formula is C18H21BrN2O4. The van der Waals surface area contributed by atoms with Gasteiger partial charge in [-0.15, -0.1) is 0 Å². The molecule has 0 aliphatic rings. The van der Waals surface area contributed by atoms with Crippen molar-refractivity contribution in [2.24, 2.45) is 0 Å². The molecule has 0 bridgehead atoms. The Balaban J connectivity index is 1.85. The Morgan fingerprint density at radius 3 is 2.48 bits per heavy atom. The Hall–Kier alpha value is -2.12. The van der Waals surface area contributed by atoms with Crippen molar-refractivity contribution in [1.29, 1.82) is 0 Å². The van der Waals surface area contributed by atoms with Gasteiger partial charge in [0.05, 0.1) is 25.3 Å². The molecule has 1 amide bonds. The monoisotopic (exact) mass is 408 g/mol. The number of likely N-dealkylation sites (N-methyl/N-ethyl adjacent to an activating group) is 1. The van der Waals surface area contributed by atoms with Crippen molar-refractivity contribution in [2.75, 3.05) is 14.2 Å². The third-order valence-corrected chi connectivity index (χ3v) is 4.34. The maximum atomic E-state index is 12.3. The number of esters is 1. The molecule has 0 spiro atoms. The Morgan fingerprint density at radius 2 is 1.92 bits per heavy atom. The summed E-state index contributed by atoms with van der Waals surface area (Å²) in [5, 5.41) is 2.90. The number of methoxy groups -OCH3 is 1. The first-order valence-corrected chi connectivity index (χ1v) is 8.59. The van der Waals surface area contributed by atoms with E-state index in [1.807, 2.05) is 31.0 Å². The van der Waals surface area contributed by atoms with E-state index in [1.165, 1.54) is 7.11 Å². The van der Waals surface area contributed by atoms with Crippen LogP contribution in [-0.2, 0) is 22.6 Å². The smallest absolute Gasteiger partial charge is 0.337 e. The number of hydrogen-bond acceptors (Lipinski definition) is 5. The maximum absolute atomic E-state index is 12.3. The Bertz CT molecular complexity index is 727. The first-order valence-electron chi connectivity index (χ1n) is 7.80. The van der Waals surface area contributed by atoms with Gasteiger partial charge in [-0.3, -0.25) is 9.69 Å². The quantitative estimate of drug-likeness (QED) is 0.712. The lowest BCUT2D eigenvalue weighted by Crippen LogP contribution is -2.42. The number of hydrogen-bond donors (Lipinski definition) is 1. The van der Waals surface area contributed by atoms with Crippen LogP contribution in [0.4, 0.5) is 0 Å². The number of benzene rings is 1. The van der Waals surface area contributed by atoms with Gasteiger partial charge in [-0.2, -0.15) is 0 Å². The van der Waals surface area contributed by atoms with Gasteiger partial charge in [-0.05, 0) is 59.7 Å². The van der Waals surface area contributed by atoms with E-state index < -0.39 is 0 Å². The minimum atomic E-state index is -0.379. The van der Waals surface area contributed by atoms with E-state index >= 15 is 0 Å². The van der Waals surface area contributed by atoms with Crippen molar-refractivity contribution >= 4 is 27.8 Å². The van der Waals surface area contributed by atoms with E-state index in [0.717, 1.165) is 11.3 Å². The standard InChI is InChI=1S/C18H21BrN2O4/c1-12(21(2)11-15-8-9-16(19)25-15)17(22)20-10-13-4-6-14(7-5-13)18(23)24-3/h4-9,12H,10-11H2,1-3H3,(H,20,22). The van der Waals surface area contributed by atoms with Gasteiger partial charge in [0.2, 0.25) is 5.91 Å². The molecule has 1 unspecified atom stereocenters. The highest BCUT2D eigenvalue weighted by molar-refractivity contribution is 9.10. The van der Waals surface area contributed by atoms with E-state index in [2.05, 4.69) is 26.0 Å². The second kappa shape index (κ2) is 8.82. The van der Waals surface area contributed by atoms with Crippen LogP contribution in [0.5, 0.6) is 0 Å². The lowest BCUT2D eigenvalue weighted by Gasteiger charge is -2.22. The van der Waals surface area contributed by atoms with Crippen LogP contribution in [0.1, 0.15) is 28.6 Å². The van der Waals surface area contributed by atoms with E-state index in [-0.39, 0.29) is 17.9 Å². The van der Waals surface area contributed by atoms with E-state index in [9.17, 15) is 9.59 Å². The number of amides is 1. The van der Waals surface area contributed by atoms with Crippen LogP contribution in [0.15, 0.2) is 45.5 Å². The molecule has 2 aromatic rings. The topological polar surface area (TPSA) is 71.8 Å². The zero-order valence-corrected chi connectivity index (χ0v) is 16.0. The molecule has 2 rings (SSSR count). The second-order valence-corrected chi connectivity index (χ2v) is 6.48. The fourth-order valence-corrected chi connectivity index (χ4v) is 2.57. The normalized spacial score (nSPS) is 12.0. The highest BCUT2D eigenvalue weighted by Gasteiger charge is 2.19. The molecular weight excluding hydrogens is 388 g/mol. The molecule has 1 N–H and O–H groups in total. The molecule has 1 atom stereocenters. The fraction of sp³-hybridized carbons (Fsp3) is 0.333. The van der Waals surface area contributed by atoms with Crippen LogP contribution >= 0.6 is 15.9 Å². The average Bonchev–Trinajstić information content (AvgIpc) is 3.03. The van der Waals surface area contributed by atoms with Crippen LogP contribution in [0.25, 0.3) is 0 Å². The molecule has 0 aliphatic heterocycles. The maximum Gasteiger partial charge on any atom is 0.337 e. The Kier molecular flexibility index (Phi) is 6.78. The summed E-state index contributed by atoms with van der Waals surface area (Å²) in [5.41, 5.74) is 1.39. The Morgan fingerprint density at radius 1 is 1.24 bits per heavy atom. The van der Waals surface area contributed by atoms with Gasteiger partial charge < -0.3 is 14.5 Å². The zero-order valence-electron chi connectivity index (χ0n) is 14.4. The predicted octanol–water partition coefficient (Wildman–Crippen LogP) is 2.97. The van der Waals surface area contributed by atoms with E-state index in [4.69, 9.17) is 4.42 Å². The molecule has 0 fully saturated rings. The highest BCUT2D eigenvalue weighted by atomic mass is 79.9. The van der Waals surface area contributed by atoms with Crippen molar-refractivity contribution < 1.29 is 18.7 Å². The van der Waals surface area contributed by atoms with Crippen LogP contribution in [0.2, 0.25) is 0 Å². The summed E-state index contributed by atoms with van der Waals surface area (Å²) < 4.78 is 10.8. The fourth-order valence-electron chi connectivity index (χ4n) is 2.23. The molecule has 0 saturated carbocycles. The van der Waals surface area contributed by atoms with Gasteiger partial charge in [-0.25, -0.2) is 4.79 Å². The number of rotatable bonds is 7. The minimum absolute atomic E-state index is 0.0785. The zero-order chi connectivity index (χ0) is 18.4. The molecule has 0 radical (unpaired) electrons. The highest BCUT2D eigenvalue weighted by Crippen LogP contribution is 2.16. The lowest BCUT2D eigenvalue weighted by molar-refractivity contribution is -0.125. The summed E-state index contributed by atoms with van der Waals surface area (Å²) in [6.45, 7) is 2.77. The summed E-state index contributed by atoms with van der Waals surface area (Å²) >= 11 is 3.26. The molecule has 0 saturated heterocycles. The summed E-state index contributed by atoms with van der Waals surface area (Å²) in [4.78, 5) is 25.6. The Labute approximate surface area is 155 Å². The van der Waals surface area contributed by atoms with Crippen molar-refractivity contribution in [3.8, 4) is 0 Å². The van der Waals surface area contributed by atoms with Gasteiger partial charge in [0.25, 0.3) is 0 Å². The number of ether oxygens (including phenoxy) is 1. The molecule has 1 aromatic heterocycles. The average molecular weight is 409 g/mol. The third kappa shape index (κ3) is 5.44. The predicted molar refractivity (Wildman–Crippen MR) is 97.0 cm³/mol. The first kappa shape index (κ1) is 19.2. The molecule has 134 valence electrons.